The summed E-state index contributed by atoms with van der Waals surface area (Å²) in [4.78, 5) is 45.6. The first-order chi connectivity index (χ1) is 16.0. The van der Waals surface area contributed by atoms with Crippen molar-refractivity contribution in [3.05, 3.63) is 69.5 Å². The number of rotatable bonds is 6. The van der Waals surface area contributed by atoms with Crippen LogP contribution in [-0.4, -0.2) is 51.8 Å². The second-order valence-electron chi connectivity index (χ2n) is 7.77. The zero-order valence-electron chi connectivity index (χ0n) is 18.2. The van der Waals surface area contributed by atoms with Gasteiger partial charge in [-0.3, -0.25) is 23.9 Å². The van der Waals surface area contributed by atoms with Crippen LogP contribution in [0.2, 0.25) is 5.02 Å². The van der Waals surface area contributed by atoms with Crippen LogP contribution in [-0.2, 0) is 16.1 Å². The Bertz CT molecular complexity index is 1230. The van der Waals surface area contributed by atoms with E-state index in [0.717, 1.165) is 12.8 Å². The van der Waals surface area contributed by atoms with E-state index in [4.69, 9.17) is 16.3 Å². The van der Waals surface area contributed by atoms with E-state index < -0.39 is 5.25 Å². The van der Waals surface area contributed by atoms with Gasteiger partial charge >= 0.3 is 0 Å². The number of hydrogen-bond acceptors (Lipinski definition) is 6. The molecule has 1 saturated heterocycles. The summed E-state index contributed by atoms with van der Waals surface area (Å²) in [5.41, 5.74) is 0.823. The maximum Gasteiger partial charge on any atom is 0.262 e. The molecule has 9 heteroatoms. The molecule has 0 saturated carbocycles. The van der Waals surface area contributed by atoms with Crippen LogP contribution in [0.25, 0.3) is 10.9 Å². The maximum atomic E-state index is 13.4. The molecule has 2 heterocycles. The van der Waals surface area contributed by atoms with Gasteiger partial charge in [0.2, 0.25) is 5.91 Å². The van der Waals surface area contributed by atoms with E-state index in [9.17, 15) is 14.4 Å². The lowest BCUT2D eigenvalue weighted by molar-refractivity contribution is -0.127. The SMILES string of the molecule is COCCn1c(S[C@H]2CCCCN(C(=O)c3ccc(Cl)cc3)C2=O)nc2ccccc2c1=O. The molecule has 0 spiro atoms. The average Bonchev–Trinajstić information content (AvgIpc) is 3.00. The van der Waals surface area contributed by atoms with E-state index in [1.807, 2.05) is 6.07 Å². The summed E-state index contributed by atoms with van der Waals surface area (Å²) in [5.74, 6) is -0.606. The number of hydrogen-bond donors (Lipinski definition) is 0. The van der Waals surface area contributed by atoms with Gasteiger partial charge in [0, 0.05) is 24.2 Å². The Hall–Kier alpha value is -2.68. The Kier molecular flexibility index (Phi) is 7.47. The van der Waals surface area contributed by atoms with Gasteiger partial charge in [0.25, 0.3) is 11.5 Å². The summed E-state index contributed by atoms with van der Waals surface area (Å²) in [5, 5.41) is 0.976. The van der Waals surface area contributed by atoms with Crippen LogP contribution in [0.15, 0.2) is 58.5 Å². The highest BCUT2D eigenvalue weighted by Crippen LogP contribution is 2.30. The molecule has 172 valence electrons. The van der Waals surface area contributed by atoms with Crippen molar-refractivity contribution in [2.75, 3.05) is 20.3 Å². The lowest BCUT2D eigenvalue weighted by Gasteiger charge is -2.23. The van der Waals surface area contributed by atoms with Crippen molar-refractivity contribution in [1.82, 2.24) is 14.5 Å². The molecule has 1 aliphatic rings. The van der Waals surface area contributed by atoms with E-state index >= 15 is 0 Å². The topological polar surface area (TPSA) is 81.5 Å². The summed E-state index contributed by atoms with van der Waals surface area (Å²) >= 11 is 7.18. The fourth-order valence-electron chi connectivity index (χ4n) is 3.81. The Morgan fingerprint density at radius 3 is 2.67 bits per heavy atom. The van der Waals surface area contributed by atoms with Gasteiger partial charge in [0.1, 0.15) is 0 Å². The van der Waals surface area contributed by atoms with Crippen LogP contribution in [0.4, 0.5) is 0 Å². The first-order valence-corrected chi connectivity index (χ1v) is 12.0. The third-order valence-electron chi connectivity index (χ3n) is 5.57. The van der Waals surface area contributed by atoms with E-state index in [1.54, 1.807) is 54.1 Å². The van der Waals surface area contributed by atoms with Crippen LogP contribution < -0.4 is 5.56 Å². The lowest BCUT2D eigenvalue weighted by atomic mass is 10.2. The number of halogens is 1. The highest BCUT2D eigenvalue weighted by atomic mass is 35.5. The Morgan fingerprint density at radius 1 is 1.15 bits per heavy atom. The number of imide groups is 1. The largest absolute Gasteiger partial charge is 0.383 e. The van der Waals surface area contributed by atoms with Crippen molar-refractivity contribution in [1.29, 1.82) is 0 Å². The van der Waals surface area contributed by atoms with Crippen molar-refractivity contribution < 1.29 is 14.3 Å². The van der Waals surface area contributed by atoms with Crippen LogP contribution in [0.3, 0.4) is 0 Å². The maximum absolute atomic E-state index is 13.4. The third kappa shape index (κ3) is 5.13. The second kappa shape index (κ2) is 10.5. The number of thioether (sulfide) groups is 1. The van der Waals surface area contributed by atoms with Crippen LogP contribution in [0.1, 0.15) is 29.6 Å². The fourth-order valence-corrected chi connectivity index (χ4v) is 5.16. The van der Waals surface area contributed by atoms with Gasteiger partial charge in [-0.15, -0.1) is 0 Å². The molecule has 33 heavy (non-hydrogen) atoms. The summed E-state index contributed by atoms with van der Waals surface area (Å²) in [6.07, 6.45) is 2.12. The molecule has 0 unspecified atom stereocenters. The van der Waals surface area contributed by atoms with Crippen molar-refractivity contribution in [2.24, 2.45) is 0 Å². The Morgan fingerprint density at radius 2 is 1.91 bits per heavy atom. The van der Waals surface area contributed by atoms with Gasteiger partial charge in [-0.1, -0.05) is 41.9 Å². The van der Waals surface area contributed by atoms with E-state index in [-0.39, 0.29) is 17.4 Å². The number of nitrogens with zero attached hydrogens (tertiary/aromatic N) is 3. The molecule has 3 aromatic rings. The number of benzene rings is 2. The second-order valence-corrected chi connectivity index (χ2v) is 9.37. The minimum Gasteiger partial charge on any atom is -0.383 e. The highest BCUT2D eigenvalue weighted by molar-refractivity contribution is 8.00. The molecule has 2 amide bonds. The van der Waals surface area contributed by atoms with Crippen molar-refractivity contribution >= 4 is 46.1 Å². The van der Waals surface area contributed by atoms with Gasteiger partial charge in [0.15, 0.2) is 5.16 Å². The van der Waals surface area contributed by atoms with Gasteiger partial charge < -0.3 is 4.74 Å². The van der Waals surface area contributed by atoms with Gasteiger partial charge in [0.05, 0.1) is 29.3 Å². The Labute approximate surface area is 200 Å². The quantitative estimate of drug-likeness (QED) is 0.387. The van der Waals surface area contributed by atoms with Gasteiger partial charge in [-0.25, -0.2) is 4.98 Å². The minimum atomic E-state index is -0.523. The monoisotopic (exact) mass is 485 g/mol. The highest BCUT2D eigenvalue weighted by Gasteiger charge is 2.33. The van der Waals surface area contributed by atoms with Crippen LogP contribution in [0.5, 0.6) is 0 Å². The standard InChI is InChI=1S/C24H24ClN3O4S/c1-32-15-14-28-22(30)18-6-2-3-7-19(18)26-24(28)33-20-8-4-5-13-27(23(20)31)21(29)16-9-11-17(25)12-10-16/h2-3,6-7,9-12,20H,4-5,8,13-15H2,1H3/t20-/m0/s1. The molecule has 1 aliphatic heterocycles. The predicted octanol–water partition coefficient (Wildman–Crippen LogP) is 4.01. The molecule has 7 nitrogen and oxygen atoms in total. The average molecular weight is 486 g/mol. The van der Waals surface area contributed by atoms with Gasteiger partial charge in [-0.2, -0.15) is 0 Å². The van der Waals surface area contributed by atoms with E-state index in [0.29, 0.717) is 52.8 Å². The molecular weight excluding hydrogens is 462 g/mol. The van der Waals surface area contributed by atoms with E-state index in [2.05, 4.69) is 4.98 Å². The molecule has 2 aromatic carbocycles. The smallest absolute Gasteiger partial charge is 0.262 e. The Balaban J connectivity index is 1.66. The molecular formula is C24H24ClN3O4S. The first-order valence-electron chi connectivity index (χ1n) is 10.8. The minimum absolute atomic E-state index is 0.171. The molecule has 0 radical (unpaired) electrons. The number of ether oxygens (including phenoxy) is 1. The number of fused-ring (bicyclic) bond motifs is 1. The number of amides is 2. The van der Waals surface area contributed by atoms with Crippen molar-refractivity contribution in [3.63, 3.8) is 0 Å². The zero-order valence-corrected chi connectivity index (χ0v) is 19.8. The van der Waals surface area contributed by atoms with Crippen molar-refractivity contribution in [2.45, 2.75) is 36.2 Å². The summed E-state index contributed by atoms with van der Waals surface area (Å²) in [7, 11) is 1.57. The molecule has 0 N–H and O–H groups in total. The van der Waals surface area contributed by atoms with E-state index in [1.165, 1.54) is 16.7 Å². The number of aromatic nitrogens is 2. The summed E-state index contributed by atoms with van der Waals surface area (Å²) < 4.78 is 6.73. The number of carbonyl (C=O) groups excluding carboxylic acids is 2. The summed E-state index contributed by atoms with van der Waals surface area (Å²) in [6.45, 7) is 1.02. The molecule has 1 aromatic heterocycles. The zero-order chi connectivity index (χ0) is 23.4. The van der Waals surface area contributed by atoms with Crippen molar-refractivity contribution in [3.8, 4) is 0 Å². The number of methoxy groups -OCH3 is 1. The molecule has 1 atom stereocenters. The molecule has 0 aliphatic carbocycles. The number of likely N-dealkylation sites (tertiary alicyclic amines) is 1. The van der Waals surface area contributed by atoms with Crippen LogP contribution in [0, 0.1) is 0 Å². The third-order valence-corrected chi connectivity index (χ3v) is 7.07. The number of carbonyl (C=O) groups is 2. The summed E-state index contributed by atoms with van der Waals surface area (Å²) in [6, 6.07) is 13.7. The van der Waals surface area contributed by atoms with Gasteiger partial charge in [-0.05, 0) is 49.2 Å². The molecule has 1 fully saturated rings. The number of para-hydroxylation sites is 1. The van der Waals surface area contributed by atoms with Crippen LogP contribution >= 0.6 is 23.4 Å². The normalized spacial score (nSPS) is 16.7. The predicted molar refractivity (Wildman–Crippen MR) is 129 cm³/mol. The molecule has 4 rings (SSSR count). The lowest BCUT2D eigenvalue weighted by Crippen LogP contribution is -2.41. The first kappa shape index (κ1) is 23.5. The molecule has 0 bridgehead atoms. The fraction of sp³-hybridized carbons (Fsp3) is 0.333.